The lowest BCUT2D eigenvalue weighted by Crippen LogP contribution is -2.22. The highest BCUT2D eigenvalue weighted by atomic mass is 16.5. The van der Waals surface area contributed by atoms with Gasteiger partial charge in [-0.05, 0) is 36.1 Å². The Morgan fingerprint density at radius 2 is 1.71 bits per heavy atom. The summed E-state index contributed by atoms with van der Waals surface area (Å²) in [7, 11) is 1.75. The van der Waals surface area contributed by atoms with Gasteiger partial charge in [0.1, 0.15) is 5.75 Å². The standard InChI is InChI=1S/C19H25NO/c1-13(2)20-12-16-8-6-7-9-17(16)18-11-10-14(3)15(4)19(18)21-5/h6-11,13,20H,12H2,1-5H3. The summed E-state index contributed by atoms with van der Waals surface area (Å²) in [5, 5.41) is 3.49. The molecular weight excluding hydrogens is 258 g/mol. The van der Waals surface area contributed by atoms with Crippen molar-refractivity contribution in [3.05, 3.63) is 53.1 Å². The first-order chi connectivity index (χ1) is 10.0. The van der Waals surface area contributed by atoms with E-state index in [9.17, 15) is 0 Å². The molecule has 21 heavy (non-hydrogen) atoms. The van der Waals surface area contributed by atoms with Gasteiger partial charge in [0.15, 0.2) is 0 Å². The van der Waals surface area contributed by atoms with Gasteiger partial charge in [-0.1, -0.05) is 50.2 Å². The molecule has 0 aliphatic carbocycles. The lowest BCUT2D eigenvalue weighted by molar-refractivity contribution is 0.413. The van der Waals surface area contributed by atoms with E-state index >= 15 is 0 Å². The molecule has 2 rings (SSSR count). The van der Waals surface area contributed by atoms with E-state index in [4.69, 9.17) is 4.74 Å². The fourth-order valence-corrected chi connectivity index (χ4v) is 2.52. The monoisotopic (exact) mass is 283 g/mol. The van der Waals surface area contributed by atoms with Crippen LogP contribution in [0.15, 0.2) is 36.4 Å². The molecule has 1 N–H and O–H groups in total. The second-order valence-corrected chi connectivity index (χ2v) is 5.78. The summed E-state index contributed by atoms with van der Waals surface area (Å²) in [5.74, 6) is 0.979. The molecule has 0 spiro atoms. The average molecular weight is 283 g/mol. The summed E-state index contributed by atoms with van der Waals surface area (Å²) < 4.78 is 5.67. The van der Waals surface area contributed by atoms with Gasteiger partial charge in [-0.3, -0.25) is 0 Å². The van der Waals surface area contributed by atoms with Crippen molar-refractivity contribution in [2.75, 3.05) is 7.11 Å². The van der Waals surface area contributed by atoms with Crippen molar-refractivity contribution in [2.24, 2.45) is 0 Å². The van der Waals surface area contributed by atoms with Crippen LogP contribution in [0.25, 0.3) is 11.1 Å². The number of methoxy groups -OCH3 is 1. The van der Waals surface area contributed by atoms with Crippen LogP contribution >= 0.6 is 0 Å². The first-order valence-electron chi connectivity index (χ1n) is 7.50. The Morgan fingerprint density at radius 1 is 1.00 bits per heavy atom. The van der Waals surface area contributed by atoms with Crippen molar-refractivity contribution in [3.8, 4) is 16.9 Å². The van der Waals surface area contributed by atoms with Crippen LogP contribution in [0.5, 0.6) is 5.75 Å². The molecule has 2 heteroatoms. The Bertz CT molecular complexity index is 617. The summed E-state index contributed by atoms with van der Waals surface area (Å²) in [6.45, 7) is 9.43. The minimum atomic E-state index is 0.472. The van der Waals surface area contributed by atoms with Gasteiger partial charge in [0, 0.05) is 18.2 Å². The third kappa shape index (κ3) is 3.45. The molecule has 112 valence electrons. The normalized spacial score (nSPS) is 11.0. The predicted octanol–water partition coefficient (Wildman–Crippen LogP) is 4.48. The number of hydrogen-bond acceptors (Lipinski definition) is 2. The molecule has 2 aromatic rings. The van der Waals surface area contributed by atoms with E-state index in [0.717, 1.165) is 12.3 Å². The highest BCUT2D eigenvalue weighted by Crippen LogP contribution is 2.36. The minimum absolute atomic E-state index is 0.472. The highest BCUT2D eigenvalue weighted by molar-refractivity contribution is 5.75. The number of hydrogen-bond donors (Lipinski definition) is 1. The average Bonchev–Trinajstić information content (AvgIpc) is 2.48. The lowest BCUT2D eigenvalue weighted by Gasteiger charge is -2.17. The fourth-order valence-electron chi connectivity index (χ4n) is 2.52. The van der Waals surface area contributed by atoms with Crippen molar-refractivity contribution in [1.82, 2.24) is 5.32 Å². The van der Waals surface area contributed by atoms with E-state index in [1.165, 1.54) is 27.8 Å². The van der Waals surface area contributed by atoms with Gasteiger partial charge >= 0.3 is 0 Å². The predicted molar refractivity (Wildman–Crippen MR) is 89.9 cm³/mol. The molecule has 0 aliphatic rings. The summed E-state index contributed by atoms with van der Waals surface area (Å²) in [6, 6.07) is 13.3. The molecule has 0 atom stereocenters. The number of benzene rings is 2. The van der Waals surface area contributed by atoms with E-state index in [1.807, 2.05) is 0 Å². The second-order valence-electron chi connectivity index (χ2n) is 5.78. The smallest absolute Gasteiger partial charge is 0.129 e. The molecule has 0 radical (unpaired) electrons. The Kier molecular flexibility index (Phi) is 5.03. The molecule has 2 aromatic carbocycles. The Hall–Kier alpha value is -1.80. The molecule has 0 aromatic heterocycles. The SMILES string of the molecule is COc1c(-c2ccccc2CNC(C)C)ccc(C)c1C. The molecule has 0 saturated heterocycles. The quantitative estimate of drug-likeness (QED) is 0.873. The molecule has 0 saturated carbocycles. The number of aryl methyl sites for hydroxylation is 1. The van der Waals surface area contributed by atoms with Crippen molar-refractivity contribution in [3.63, 3.8) is 0 Å². The molecule has 0 aliphatic heterocycles. The zero-order chi connectivity index (χ0) is 15.4. The highest BCUT2D eigenvalue weighted by Gasteiger charge is 2.13. The molecule has 0 fully saturated rings. The van der Waals surface area contributed by atoms with Gasteiger partial charge in [-0.2, -0.15) is 0 Å². The third-order valence-corrected chi connectivity index (χ3v) is 3.89. The van der Waals surface area contributed by atoms with Crippen molar-refractivity contribution < 1.29 is 4.74 Å². The molecule has 0 bridgehead atoms. The van der Waals surface area contributed by atoms with Crippen molar-refractivity contribution >= 4 is 0 Å². The van der Waals surface area contributed by atoms with Crippen LogP contribution in [0.4, 0.5) is 0 Å². The van der Waals surface area contributed by atoms with Gasteiger partial charge in [0.2, 0.25) is 0 Å². The van der Waals surface area contributed by atoms with Crippen LogP contribution in [0, 0.1) is 13.8 Å². The van der Waals surface area contributed by atoms with Crippen molar-refractivity contribution in [2.45, 2.75) is 40.3 Å². The topological polar surface area (TPSA) is 21.3 Å². The molecular formula is C19H25NO. The zero-order valence-corrected chi connectivity index (χ0v) is 13.7. The molecule has 2 nitrogen and oxygen atoms in total. The van der Waals surface area contributed by atoms with E-state index < -0.39 is 0 Å². The fraction of sp³-hybridized carbons (Fsp3) is 0.368. The largest absolute Gasteiger partial charge is 0.496 e. The second kappa shape index (κ2) is 6.77. The van der Waals surface area contributed by atoms with Gasteiger partial charge < -0.3 is 10.1 Å². The Balaban J connectivity index is 2.49. The van der Waals surface area contributed by atoms with Crippen LogP contribution in [-0.4, -0.2) is 13.2 Å². The zero-order valence-electron chi connectivity index (χ0n) is 13.7. The maximum Gasteiger partial charge on any atom is 0.129 e. The van der Waals surface area contributed by atoms with Gasteiger partial charge in [-0.25, -0.2) is 0 Å². The van der Waals surface area contributed by atoms with Crippen LogP contribution in [0.3, 0.4) is 0 Å². The molecule has 0 unspecified atom stereocenters. The summed E-state index contributed by atoms with van der Waals surface area (Å²) >= 11 is 0. The van der Waals surface area contributed by atoms with Crippen LogP contribution in [0.1, 0.15) is 30.5 Å². The Morgan fingerprint density at radius 3 is 2.38 bits per heavy atom. The maximum absolute atomic E-state index is 5.67. The van der Waals surface area contributed by atoms with E-state index in [1.54, 1.807) is 7.11 Å². The van der Waals surface area contributed by atoms with E-state index in [2.05, 4.69) is 69.4 Å². The number of rotatable bonds is 5. The van der Waals surface area contributed by atoms with Gasteiger partial charge in [0.05, 0.1) is 7.11 Å². The number of nitrogens with one attached hydrogen (secondary N) is 1. The van der Waals surface area contributed by atoms with Crippen LogP contribution in [0.2, 0.25) is 0 Å². The minimum Gasteiger partial charge on any atom is -0.496 e. The Labute approximate surface area is 128 Å². The lowest BCUT2D eigenvalue weighted by atomic mass is 9.95. The first-order valence-corrected chi connectivity index (χ1v) is 7.50. The van der Waals surface area contributed by atoms with Gasteiger partial charge in [-0.15, -0.1) is 0 Å². The first kappa shape index (κ1) is 15.6. The summed E-state index contributed by atoms with van der Waals surface area (Å²) in [5.41, 5.74) is 6.18. The van der Waals surface area contributed by atoms with E-state index in [0.29, 0.717) is 6.04 Å². The summed E-state index contributed by atoms with van der Waals surface area (Å²) in [6.07, 6.45) is 0. The van der Waals surface area contributed by atoms with Gasteiger partial charge in [0.25, 0.3) is 0 Å². The van der Waals surface area contributed by atoms with Crippen molar-refractivity contribution in [1.29, 1.82) is 0 Å². The van der Waals surface area contributed by atoms with Crippen LogP contribution in [-0.2, 0) is 6.54 Å². The molecule has 0 heterocycles. The van der Waals surface area contributed by atoms with E-state index in [-0.39, 0.29) is 0 Å². The number of ether oxygens (including phenoxy) is 1. The third-order valence-electron chi connectivity index (χ3n) is 3.89. The molecule has 0 amide bonds. The van der Waals surface area contributed by atoms with Crippen LogP contribution < -0.4 is 10.1 Å². The summed E-state index contributed by atoms with van der Waals surface area (Å²) in [4.78, 5) is 0. The maximum atomic E-state index is 5.67.